The van der Waals surface area contributed by atoms with Crippen LogP contribution in [-0.4, -0.2) is 43.4 Å². The number of allylic oxidation sites excluding steroid dienone is 1. The Labute approximate surface area is 209 Å². The lowest BCUT2D eigenvalue weighted by molar-refractivity contribution is -0.113. The van der Waals surface area contributed by atoms with Gasteiger partial charge < -0.3 is 20.3 Å². The van der Waals surface area contributed by atoms with Gasteiger partial charge >= 0.3 is 5.97 Å². The predicted molar refractivity (Wildman–Crippen MR) is 131 cm³/mol. The number of hydrogen-bond acceptors (Lipinski definition) is 6. The number of aromatic carboxylic acids is 1. The molecule has 0 aliphatic rings. The zero-order chi connectivity index (χ0) is 24.7. The summed E-state index contributed by atoms with van der Waals surface area (Å²) in [5.41, 5.74) is 0.657. The van der Waals surface area contributed by atoms with Crippen molar-refractivity contribution >= 4 is 58.4 Å². The van der Waals surface area contributed by atoms with Crippen LogP contribution < -0.4 is 10.6 Å². The van der Waals surface area contributed by atoms with Gasteiger partial charge in [-0.3, -0.25) is 9.59 Å². The van der Waals surface area contributed by atoms with Gasteiger partial charge in [-0.25, -0.2) is 4.79 Å². The molecule has 12 heteroatoms. The number of carboxylic acid groups (broad SMARTS) is 1. The number of aromatic nitrogens is 3. The molecule has 3 rings (SSSR count). The summed E-state index contributed by atoms with van der Waals surface area (Å²) in [5.74, 6) is -1.36. The lowest BCUT2D eigenvalue weighted by Gasteiger charge is -2.10. The highest BCUT2D eigenvalue weighted by molar-refractivity contribution is 7.99. The molecular formula is C22H19Cl2N5O4S. The molecule has 0 atom stereocenters. The van der Waals surface area contributed by atoms with Crippen LogP contribution in [0.5, 0.6) is 0 Å². The molecule has 0 bridgehead atoms. The zero-order valence-corrected chi connectivity index (χ0v) is 20.0. The highest BCUT2D eigenvalue weighted by Gasteiger charge is 2.16. The van der Waals surface area contributed by atoms with Crippen LogP contribution >= 0.6 is 35.0 Å². The fraction of sp³-hybridized carbons (Fsp3) is 0.136. The highest BCUT2D eigenvalue weighted by Crippen LogP contribution is 2.24. The number of thioether (sulfide) groups is 1. The lowest BCUT2D eigenvalue weighted by Crippen LogP contribution is -2.24. The van der Waals surface area contributed by atoms with E-state index in [9.17, 15) is 14.4 Å². The van der Waals surface area contributed by atoms with E-state index in [-0.39, 0.29) is 34.5 Å². The third-order valence-electron chi connectivity index (χ3n) is 4.44. The van der Waals surface area contributed by atoms with E-state index in [0.717, 1.165) is 11.8 Å². The van der Waals surface area contributed by atoms with Gasteiger partial charge in [0.25, 0.3) is 5.91 Å². The molecule has 3 aromatic rings. The highest BCUT2D eigenvalue weighted by atomic mass is 35.5. The second kappa shape index (κ2) is 11.7. The van der Waals surface area contributed by atoms with Crippen molar-refractivity contribution in [3.05, 3.63) is 82.1 Å². The molecule has 3 N–H and O–H groups in total. The zero-order valence-electron chi connectivity index (χ0n) is 17.6. The quantitative estimate of drug-likeness (QED) is 0.271. The van der Waals surface area contributed by atoms with Gasteiger partial charge in [0.05, 0.1) is 28.6 Å². The average Bonchev–Trinajstić information content (AvgIpc) is 3.19. The van der Waals surface area contributed by atoms with E-state index < -0.39 is 11.9 Å². The first-order chi connectivity index (χ1) is 16.3. The van der Waals surface area contributed by atoms with Gasteiger partial charge in [0.1, 0.15) is 0 Å². The van der Waals surface area contributed by atoms with E-state index in [1.54, 1.807) is 34.9 Å². The number of carboxylic acids is 1. The molecule has 2 amide bonds. The maximum atomic E-state index is 12.4. The third kappa shape index (κ3) is 6.60. The van der Waals surface area contributed by atoms with Gasteiger partial charge in [0.15, 0.2) is 11.0 Å². The van der Waals surface area contributed by atoms with E-state index >= 15 is 0 Å². The Bertz CT molecular complexity index is 1230. The van der Waals surface area contributed by atoms with Crippen LogP contribution in [-0.2, 0) is 17.9 Å². The van der Waals surface area contributed by atoms with Gasteiger partial charge in [-0.1, -0.05) is 41.0 Å². The normalized spacial score (nSPS) is 10.5. The Hall–Kier alpha value is -3.34. The number of anilines is 1. The first-order valence-corrected chi connectivity index (χ1v) is 11.5. The second-order valence-corrected chi connectivity index (χ2v) is 8.61. The van der Waals surface area contributed by atoms with Crippen molar-refractivity contribution < 1.29 is 19.5 Å². The molecule has 0 unspecified atom stereocenters. The van der Waals surface area contributed by atoms with Crippen LogP contribution in [0.4, 0.5) is 5.69 Å². The number of nitrogens with zero attached hydrogens (tertiary/aromatic N) is 3. The Morgan fingerprint density at radius 2 is 1.79 bits per heavy atom. The molecular weight excluding hydrogens is 501 g/mol. The van der Waals surface area contributed by atoms with E-state index in [0.29, 0.717) is 28.1 Å². The standard InChI is InChI=1S/C22H19Cl2N5O4S/c1-2-9-29-18(11-25-20(31)13-3-6-15(23)7-4-13)27-28-22(29)34-12-19(30)26-17-10-14(21(32)33)5-8-16(17)24/h2-8,10H,1,9,11-12H2,(H,25,31)(H,26,30)(H,32,33). The van der Waals surface area contributed by atoms with Crippen molar-refractivity contribution in [1.29, 1.82) is 0 Å². The van der Waals surface area contributed by atoms with Crippen molar-refractivity contribution in [3.63, 3.8) is 0 Å². The van der Waals surface area contributed by atoms with Crippen LogP contribution in [0, 0.1) is 0 Å². The first-order valence-electron chi connectivity index (χ1n) is 9.80. The van der Waals surface area contributed by atoms with Crippen LogP contribution in [0.3, 0.4) is 0 Å². The Morgan fingerprint density at radius 1 is 1.09 bits per heavy atom. The molecule has 0 aliphatic heterocycles. The molecule has 0 radical (unpaired) electrons. The molecule has 0 spiro atoms. The Balaban J connectivity index is 1.63. The summed E-state index contributed by atoms with van der Waals surface area (Å²) in [4.78, 5) is 35.9. The van der Waals surface area contributed by atoms with Gasteiger partial charge in [-0.2, -0.15) is 0 Å². The average molecular weight is 520 g/mol. The van der Waals surface area contributed by atoms with Gasteiger partial charge in [0, 0.05) is 17.1 Å². The lowest BCUT2D eigenvalue weighted by atomic mass is 10.2. The predicted octanol–water partition coefficient (Wildman–Crippen LogP) is 4.13. The minimum Gasteiger partial charge on any atom is -0.478 e. The largest absolute Gasteiger partial charge is 0.478 e. The van der Waals surface area contributed by atoms with Crippen molar-refractivity contribution in [2.24, 2.45) is 0 Å². The molecule has 0 fully saturated rings. The smallest absolute Gasteiger partial charge is 0.335 e. The third-order valence-corrected chi connectivity index (χ3v) is 5.99. The molecule has 0 saturated heterocycles. The van der Waals surface area contributed by atoms with E-state index in [1.807, 2.05) is 0 Å². The van der Waals surface area contributed by atoms with E-state index in [4.69, 9.17) is 28.3 Å². The molecule has 9 nitrogen and oxygen atoms in total. The topological polar surface area (TPSA) is 126 Å². The van der Waals surface area contributed by atoms with E-state index in [1.165, 1.54) is 18.2 Å². The fourth-order valence-corrected chi connectivity index (χ4v) is 3.86. The summed E-state index contributed by atoms with van der Waals surface area (Å²) in [5, 5.41) is 23.9. The minimum atomic E-state index is -1.13. The molecule has 0 aliphatic carbocycles. The second-order valence-electron chi connectivity index (χ2n) is 6.82. The van der Waals surface area contributed by atoms with Crippen molar-refractivity contribution in [2.45, 2.75) is 18.2 Å². The fourth-order valence-electron chi connectivity index (χ4n) is 2.80. The number of amides is 2. The monoisotopic (exact) mass is 519 g/mol. The SMILES string of the molecule is C=CCn1c(CNC(=O)c2ccc(Cl)cc2)nnc1SCC(=O)Nc1cc(C(=O)O)ccc1Cl. The summed E-state index contributed by atoms with van der Waals surface area (Å²) in [7, 11) is 0. The Kier molecular flexibility index (Phi) is 8.69. The number of benzene rings is 2. The molecule has 176 valence electrons. The van der Waals surface area contributed by atoms with Gasteiger partial charge in [-0.15, -0.1) is 16.8 Å². The molecule has 2 aromatic carbocycles. The number of hydrogen-bond donors (Lipinski definition) is 3. The molecule has 1 heterocycles. The summed E-state index contributed by atoms with van der Waals surface area (Å²) < 4.78 is 1.73. The number of carbonyl (C=O) groups excluding carboxylic acids is 2. The van der Waals surface area contributed by atoms with Gasteiger partial charge in [-0.05, 0) is 42.5 Å². The van der Waals surface area contributed by atoms with Crippen LogP contribution in [0.25, 0.3) is 0 Å². The summed E-state index contributed by atoms with van der Waals surface area (Å²) in [6.45, 7) is 4.21. The summed E-state index contributed by atoms with van der Waals surface area (Å²) in [6.07, 6.45) is 1.65. The van der Waals surface area contributed by atoms with Crippen molar-refractivity contribution in [2.75, 3.05) is 11.1 Å². The van der Waals surface area contributed by atoms with E-state index in [2.05, 4.69) is 27.4 Å². The summed E-state index contributed by atoms with van der Waals surface area (Å²) >= 11 is 13.0. The first kappa shape index (κ1) is 25.3. The summed E-state index contributed by atoms with van der Waals surface area (Å²) in [6, 6.07) is 10.5. The molecule has 1 aromatic heterocycles. The van der Waals surface area contributed by atoms with Crippen molar-refractivity contribution in [1.82, 2.24) is 20.1 Å². The van der Waals surface area contributed by atoms with Crippen LogP contribution in [0.15, 0.2) is 60.3 Å². The molecule has 0 saturated carbocycles. The number of rotatable bonds is 10. The van der Waals surface area contributed by atoms with Crippen molar-refractivity contribution in [3.8, 4) is 0 Å². The van der Waals surface area contributed by atoms with Gasteiger partial charge in [0.2, 0.25) is 5.91 Å². The number of carbonyl (C=O) groups is 3. The Morgan fingerprint density at radius 3 is 2.47 bits per heavy atom. The maximum absolute atomic E-state index is 12.4. The minimum absolute atomic E-state index is 0.00312. The number of nitrogens with one attached hydrogen (secondary N) is 2. The maximum Gasteiger partial charge on any atom is 0.335 e. The van der Waals surface area contributed by atoms with Crippen LogP contribution in [0.1, 0.15) is 26.5 Å². The number of halogens is 2. The molecule has 34 heavy (non-hydrogen) atoms. The van der Waals surface area contributed by atoms with Crippen LogP contribution in [0.2, 0.25) is 10.0 Å².